The number of phenols is 2. The number of rotatable bonds is 3. The Morgan fingerprint density at radius 3 is 2.44 bits per heavy atom. The number of aliphatic carboxylic acids is 1. The summed E-state index contributed by atoms with van der Waals surface area (Å²) in [4.78, 5) is 10.7. The molecule has 5 heteroatoms. The van der Waals surface area contributed by atoms with Crippen LogP contribution < -0.4 is 0 Å². The van der Waals surface area contributed by atoms with E-state index in [1.807, 2.05) is 0 Å². The van der Waals surface area contributed by atoms with Crippen molar-refractivity contribution in [2.45, 2.75) is 24.7 Å². The van der Waals surface area contributed by atoms with Crippen molar-refractivity contribution in [2.75, 3.05) is 0 Å². The van der Waals surface area contributed by atoms with Gasteiger partial charge in [-0.15, -0.1) is 0 Å². The first-order valence-electron chi connectivity index (χ1n) is 4.88. The normalized spacial score (nSPS) is 17.1. The molecule has 2 rings (SSSR count). The second kappa shape index (κ2) is 3.37. The molecule has 1 aliphatic rings. The van der Waals surface area contributed by atoms with Crippen LogP contribution in [0.1, 0.15) is 24.8 Å². The van der Waals surface area contributed by atoms with Gasteiger partial charge in [0.05, 0.1) is 6.42 Å². The van der Waals surface area contributed by atoms with E-state index >= 15 is 0 Å². The summed E-state index contributed by atoms with van der Waals surface area (Å²) in [7, 11) is 0. The Balaban J connectivity index is 2.38. The standard InChI is InChI=1S/C11H11FO4/c12-7-3-6(4-8(13)10(7)16)11(1-2-11)5-9(14)15/h3-4,13,16H,1-2,5H2,(H,14,15). The quantitative estimate of drug-likeness (QED) is 0.686. The number of phenolic OH excluding ortho intramolecular Hbond substituents is 2. The van der Waals surface area contributed by atoms with Gasteiger partial charge in [0.25, 0.3) is 0 Å². The lowest BCUT2D eigenvalue weighted by molar-refractivity contribution is -0.137. The molecule has 1 aromatic carbocycles. The molecular formula is C11H11FO4. The molecule has 0 bridgehead atoms. The molecule has 0 unspecified atom stereocenters. The Labute approximate surface area is 91.0 Å². The number of carboxylic acid groups (broad SMARTS) is 1. The predicted octanol–water partition coefficient (Wildman–Crippen LogP) is 1.74. The van der Waals surface area contributed by atoms with Crippen molar-refractivity contribution in [3.8, 4) is 11.5 Å². The maximum atomic E-state index is 13.2. The fraction of sp³-hybridized carbons (Fsp3) is 0.364. The molecule has 0 spiro atoms. The third kappa shape index (κ3) is 1.68. The highest BCUT2D eigenvalue weighted by Gasteiger charge is 2.46. The van der Waals surface area contributed by atoms with Crippen molar-refractivity contribution in [3.05, 3.63) is 23.5 Å². The summed E-state index contributed by atoms with van der Waals surface area (Å²) in [5.74, 6) is -3.22. The van der Waals surface area contributed by atoms with Crippen molar-refractivity contribution in [3.63, 3.8) is 0 Å². The molecule has 1 fully saturated rings. The van der Waals surface area contributed by atoms with Crippen molar-refractivity contribution in [1.82, 2.24) is 0 Å². The van der Waals surface area contributed by atoms with E-state index in [1.165, 1.54) is 6.07 Å². The third-order valence-electron chi connectivity index (χ3n) is 3.00. The molecule has 3 N–H and O–H groups in total. The lowest BCUT2D eigenvalue weighted by atomic mass is 9.92. The summed E-state index contributed by atoms with van der Waals surface area (Å²) in [6.07, 6.45) is 1.22. The minimum Gasteiger partial charge on any atom is -0.504 e. The fourth-order valence-electron chi connectivity index (χ4n) is 1.90. The zero-order chi connectivity index (χ0) is 11.9. The predicted molar refractivity (Wildman–Crippen MR) is 52.9 cm³/mol. The molecule has 1 aliphatic carbocycles. The van der Waals surface area contributed by atoms with Crippen LogP contribution >= 0.6 is 0 Å². The highest BCUT2D eigenvalue weighted by molar-refractivity contribution is 5.70. The van der Waals surface area contributed by atoms with Crippen LogP contribution in [0.25, 0.3) is 0 Å². The number of hydrogen-bond donors (Lipinski definition) is 3. The molecule has 0 atom stereocenters. The third-order valence-corrected chi connectivity index (χ3v) is 3.00. The van der Waals surface area contributed by atoms with Gasteiger partial charge in [0.2, 0.25) is 0 Å². The Kier molecular flexibility index (Phi) is 2.26. The van der Waals surface area contributed by atoms with E-state index in [-0.39, 0.29) is 6.42 Å². The van der Waals surface area contributed by atoms with Crippen LogP contribution in [0.2, 0.25) is 0 Å². The van der Waals surface area contributed by atoms with Gasteiger partial charge < -0.3 is 15.3 Å². The van der Waals surface area contributed by atoms with Crippen LogP contribution in [0.5, 0.6) is 11.5 Å². The number of carbonyl (C=O) groups is 1. The maximum Gasteiger partial charge on any atom is 0.304 e. The summed E-state index contributed by atoms with van der Waals surface area (Å²) >= 11 is 0. The summed E-state index contributed by atoms with van der Waals surface area (Å²) in [6, 6.07) is 2.32. The van der Waals surface area contributed by atoms with Gasteiger partial charge in [0, 0.05) is 5.41 Å². The molecule has 1 saturated carbocycles. The fourth-order valence-corrected chi connectivity index (χ4v) is 1.90. The molecule has 16 heavy (non-hydrogen) atoms. The van der Waals surface area contributed by atoms with E-state index in [2.05, 4.69) is 0 Å². The van der Waals surface area contributed by atoms with E-state index < -0.39 is 28.7 Å². The minimum absolute atomic E-state index is 0.0867. The first kappa shape index (κ1) is 10.7. The summed E-state index contributed by atoms with van der Waals surface area (Å²) in [6.45, 7) is 0. The van der Waals surface area contributed by atoms with E-state index in [9.17, 15) is 14.3 Å². The molecule has 86 valence electrons. The van der Waals surface area contributed by atoms with Gasteiger partial charge in [-0.05, 0) is 30.5 Å². The molecule has 0 saturated heterocycles. The molecule has 0 aliphatic heterocycles. The largest absolute Gasteiger partial charge is 0.504 e. The zero-order valence-corrected chi connectivity index (χ0v) is 8.40. The van der Waals surface area contributed by atoms with E-state index in [4.69, 9.17) is 10.2 Å². The number of benzene rings is 1. The minimum atomic E-state index is -0.953. The lowest BCUT2D eigenvalue weighted by Gasteiger charge is -2.14. The number of hydrogen-bond acceptors (Lipinski definition) is 3. The first-order chi connectivity index (χ1) is 7.44. The number of aromatic hydroxyl groups is 2. The van der Waals surface area contributed by atoms with Crippen LogP contribution in [0, 0.1) is 5.82 Å². The first-order valence-corrected chi connectivity index (χ1v) is 4.88. The molecule has 4 nitrogen and oxygen atoms in total. The van der Waals surface area contributed by atoms with Crippen molar-refractivity contribution < 1.29 is 24.5 Å². The Morgan fingerprint density at radius 1 is 1.38 bits per heavy atom. The molecule has 0 amide bonds. The number of halogens is 1. The summed E-state index contributed by atoms with van der Waals surface area (Å²) in [5, 5.41) is 27.1. The smallest absolute Gasteiger partial charge is 0.304 e. The Hall–Kier alpha value is -1.78. The van der Waals surface area contributed by atoms with Crippen molar-refractivity contribution in [1.29, 1.82) is 0 Å². The maximum absolute atomic E-state index is 13.2. The van der Waals surface area contributed by atoms with E-state index in [0.717, 1.165) is 6.07 Å². The van der Waals surface area contributed by atoms with Gasteiger partial charge in [-0.3, -0.25) is 4.79 Å². The van der Waals surface area contributed by atoms with Gasteiger partial charge in [0.15, 0.2) is 17.3 Å². The average molecular weight is 226 g/mol. The molecule has 1 aromatic rings. The van der Waals surface area contributed by atoms with Crippen LogP contribution in [-0.4, -0.2) is 21.3 Å². The molecule has 0 radical (unpaired) electrons. The van der Waals surface area contributed by atoms with Crippen LogP contribution in [0.3, 0.4) is 0 Å². The monoisotopic (exact) mass is 226 g/mol. The van der Waals surface area contributed by atoms with Gasteiger partial charge in [-0.1, -0.05) is 0 Å². The van der Waals surface area contributed by atoms with Crippen LogP contribution in [0.15, 0.2) is 12.1 Å². The van der Waals surface area contributed by atoms with Crippen LogP contribution in [-0.2, 0) is 10.2 Å². The average Bonchev–Trinajstić information content (AvgIpc) is 2.93. The summed E-state index contributed by atoms with van der Waals surface area (Å²) in [5.41, 5.74) is -0.139. The second-order valence-corrected chi connectivity index (χ2v) is 4.18. The molecular weight excluding hydrogens is 215 g/mol. The zero-order valence-electron chi connectivity index (χ0n) is 8.40. The van der Waals surface area contributed by atoms with Crippen molar-refractivity contribution >= 4 is 5.97 Å². The SMILES string of the molecule is O=C(O)CC1(c2cc(O)c(O)c(F)c2)CC1. The van der Waals surface area contributed by atoms with Gasteiger partial charge >= 0.3 is 5.97 Å². The molecule has 0 aromatic heterocycles. The van der Waals surface area contributed by atoms with Gasteiger partial charge in [0.1, 0.15) is 0 Å². The Morgan fingerprint density at radius 2 is 2.00 bits per heavy atom. The molecule has 0 heterocycles. The lowest BCUT2D eigenvalue weighted by Crippen LogP contribution is -2.13. The highest BCUT2D eigenvalue weighted by Crippen LogP contribution is 2.52. The van der Waals surface area contributed by atoms with E-state index in [0.29, 0.717) is 18.4 Å². The highest BCUT2D eigenvalue weighted by atomic mass is 19.1. The van der Waals surface area contributed by atoms with Gasteiger partial charge in [-0.2, -0.15) is 0 Å². The number of carboxylic acids is 1. The second-order valence-electron chi connectivity index (χ2n) is 4.18. The topological polar surface area (TPSA) is 77.8 Å². The van der Waals surface area contributed by atoms with E-state index in [1.54, 1.807) is 0 Å². The van der Waals surface area contributed by atoms with Crippen LogP contribution in [0.4, 0.5) is 4.39 Å². The summed E-state index contributed by atoms with van der Waals surface area (Å²) < 4.78 is 13.2. The Bertz CT molecular complexity index is 428. The van der Waals surface area contributed by atoms with Gasteiger partial charge in [-0.25, -0.2) is 4.39 Å². The van der Waals surface area contributed by atoms with Crippen molar-refractivity contribution in [2.24, 2.45) is 0 Å².